The van der Waals surface area contributed by atoms with E-state index in [0.29, 0.717) is 0 Å². The first-order valence-corrected chi connectivity index (χ1v) is 10.2. The van der Waals surface area contributed by atoms with Crippen LogP contribution in [0.15, 0.2) is 36.4 Å². The Bertz CT molecular complexity index is 1090. The standard InChI is InChI=1S/C23H27N5/c1-5-18-17(4)19(14-24)22-25-20-8-6-7-9-21(20)28(22)23(18)27-12-10-26(11-13-27)15-16(2)3/h6-9H,2,5,10-13,15H2,1,3-4H3/p+2. The van der Waals surface area contributed by atoms with Crippen molar-refractivity contribution in [1.82, 2.24) is 4.98 Å². The molecule has 1 aliphatic rings. The van der Waals surface area contributed by atoms with Gasteiger partial charge in [0.15, 0.2) is 0 Å². The number of rotatable bonds is 4. The van der Waals surface area contributed by atoms with Gasteiger partial charge in [0.2, 0.25) is 11.5 Å². The van der Waals surface area contributed by atoms with Crippen molar-refractivity contribution < 1.29 is 9.30 Å². The first kappa shape index (κ1) is 18.5. The number of hydrogen-bond acceptors (Lipinski definition) is 2. The molecule has 5 heteroatoms. The summed E-state index contributed by atoms with van der Waals surface area (Å²) in [6.45, 7) is 15.8. The molecule has 1 aliphatic heterocycles. The van der Waals surface area contributed by atoms with Crippen LogP contribution in [0.4, 0.5) is 5.82 Å². The van der Waals surface area contributed by atoms with Gasteiger partial charge in [-0.3, -0.25) is 9.88 Å². The van der Waals surface area contributed by atoms with E-state index >= 15 is 0 Å². The molecule has 144 valence electrons. The van der Waals surface area contributed by atoms with Crippen molar-refractivity contribution in [2.45, 2.75) is 27.2 Å². The average Bonchev–Trinajstić information content (AvgIpc) is 3.06. The lowest BCUT2D eigenvalue weighted by atomic mass is 10.0. The molecule has 0 atom stereocenters. The predicted molar refractivity (Wildman–Crippen MR) is 113 cm³/mol. The molecule has 4 rings (SSSR count). The van der Waals surface area contributed by atoms with Crippen molar-refractivity contribution in [3.05, 3.63) is 53.1 Å². The molecule has 2 aromatic heterocycles. The van der Waals surface area contributed by atoms with Crippen LogP contribution in [-0.2, 0) is 6.42 Å². The topological polar surface area (TPSA) is 51.4 Å². The van der Waals surface area contributed by atoms with Crippen LogP contribution in [0.25, 0.3) is 16.7 Å². The summed E-state index contributed by atoms with van der Waals surface area (Å²) in [7, 11) is 0. The van der Waals surface area contributed by atoms with Gasteiger partial charge in [0.1, 0.15) is 48.8 Å². The molecule has 5 nitrogen and oxygen atoms in total. The third-order valence-electron chi connectivity index (χ3n) is 5.96. The van der Waals surface area contributed by atoms with Crippen molar-refractivity contribution in [1.29, 1.82) is 5.26 Å². The van der Waals surface area contributed by atoms with Gasteiger partial charge in [-0.2, -0.15) is 9.66 Å². The Morgan fingerprint density at radius 2 is 2.04 bits per heavy atom. The predicted octanol–water partition coefficient (Wildman–Crippen LogP) is 1.93. The maximum atomic E-state index is 9.87. The maximum absolute atomic E-state index is 9.87. The molecule has 0 amide bonds. The van der Waals surface area contributed by atoms with Gasteiger partial charge >= 0.3 is 0 Å². The normalized spacial score (nSPS) is 15.3. The van der Waals surface area contributed by atoms with E-state index in [2.05, 4.69) is 65.9 Å². The van der Waals surface area contributed by atoms with Gasteiger partial charge in [0, 0.05) is 5.56 Å². The second-order valence-corrected chi connectivity index (χ2v) is 7.96. The molecular formula is C23H29N5+2. The Morgan fingerprint density at radius 1 is 1.32 bits per heavy atom. The lowest BCUT2D eigenvalue weighted by Gasteiger charge is -2.31. The molecule has 0 bridgehead atoms. The van der Waals surface area contributed by atoms with E-state index in [4.69, 9.17) is 0 Å². The maximum Gasteiger partial charge on any atom is 0.250 e. The van der Waals surface area contributed by atoms with Gasteiger partial charge < -0.3 is 4.90 Å². The van der Waals surface area contributed by atoms with E-state index in [1.165, 1.54) is 17.0 Å². The van der Waals surface area contributed by atoms with Gasteiger partial charge in [0.25, 0.3) is 0 Å². The fourth-order valence-electron chi connectivity index (χ4n) is 4.63. The number of H-pyrrole nitrogens is 1. The number of nitrogens with zero attached hydrogens (tertiary/aromatic N) is 3. The van der Waals surface area contributed by atoms with E-state index in [9.17, 15) is 5.26 Å². The fraction of sp³-hybridized carbons (Fsp3) is 0.391. The molecule has 0 saturated carbocycles. The number of benzene rings is 1. The van der Waals surface area contributed by atoms with Crippen LogP contribution in [0.1, 0.15) is 30.5 Å². The smallest absolute Gasteiger partial charge is 0.250 e. The zero-order chi connectivity index (χ0) is 19.8. The van der Waals surface area contributed by atoms with Crippen LogP contribution in [0.5, 0.6) is 0 Å². The van der Waals surface area contributed by atoms with Crippen molar-refractivity contribution in [3.8, 4) is 6.07 Å². The third kappa shape index (κ3) is 2.94. The van der Waals surface area contributed by atoms with Crippen molar-refractivity contribution >= 4 is 22.5 Å². The SMILES string of the molecule is C=C(C)C[NH+]1CCN(c2c(CC)c(C)c(C#N)c3[nH]c4ccccc4[n+]23)CC1. The minimum atomic E-state index is 0.753. The summed E-state index contributed by atoms with van der Waals surface area (Å²) in [5, 5.41) is 9.87. The molecule has 3 aromatic rings. The average molecular weight is 376 g/mol. The van der Waals surface area contributed by atoms with Crippen molar-refractivity contribution in [2.75, 3.05) is 37.6 Å². The highest BCUT2D eigenvalue weighted by atomic mass is 15.3. The summed E-state index contributed by atoms with van der Waals surface area (Å²) in [5.41, 5.74) is 7.49. The number of fused-ring (bicyclic) bond motifs is 3. The third-order valence-corrected chi connectivity index (χ3v) is 5.96. The van der Waals surface area contributed by atoms with Gasteiger partial charge in [0.05, 0.1) is 6.54 Å². The van der Waals surface area contributed by atoms with E-state index in [1.807, 2.05) is 6.07 Å². The summed E-state index contributed by atoms with van der Waals surface area (Å²) in [6.07, 6.45) is 0.914. The number of nitriles is 1. The van der Waals surface area contributed by atoms with Crippen LogP contribution < -0.4 is 14.2 Å². The minimum absolute atomic E-state index is 0.753. The first-order valence-electron chi connectivity index (χ1n) is 10.2. The lowest BCUT2D eigenvalue weighted by molar-refractivity contribution is -0.895. The second-order valence-electron chi connectivity index (χ2n) is 7.96. The van der Waals surface area contributed by atoms with Gasteiger partial charge in [-0.15, -0.1) is 0 Å². The Morgan fingerprint density at radius 3 is 2.68 bits per heavy atom. The zero-order valence-corrected chi connectivity index (χ0v) is 17.1. The Labute approximate surface area is 166 Å². The fourth-order valence-corrected chi connectivity index (χ4v) is 4.63. The number of para-hydroxylation sites is 2. The minimum Gasteiger partial charge on any atom is -0.326 e. The molecular weight excluding hydrogens is 346 g/mol. The van der Waals surface area contributed by atoms with Crippen molar-refractivity contribution in [2.24, 2.45) is 0 Å². The molecule has 0 unspecified atom stereocenters. The molecule has 2 N–H and O–H groups in total. The number of quaternary nitrogens is 1. The zero-order valence-electron chi connectivity index (χ0n) is 17.1. The Kier molecular flexibility index (Phi) is 4.82. The van der Waals surface area contributed by atoms with E-state index < -0.39 is 0 Å². The summed E-state index contributed by atoms with van der Waals surface area (Å²) in [5.74, 6) is 1.25. The van der Waals surface area contributed by atoms with Gasteiger partial charge in [-0.05, 0) is 43.5 Å². The van der Waals surface area contributed by atoms with Crippen LogP contribution >= 0.6 is 0 Å². The number of imidazole rings is 1. The van der Waals surface area contributed by atoms with E-state index in [1.54, 1.807) is 4.90 Å². The van der Waals surface area contributed by atoms with Crippen LogP contribution in [0.3, 0.4) is 0 Å². The molecule has 0 aliphatic carbocycles. The number of pyridine rings is 1. The van der Waals surface area contributed by atoms with Crippen LogP contribution in [0, 0.1) is 18.3 Å². The molecule has 1 saturated heterocycles. The number of anilines is 1. The van der Waals surface area contributed by atoms with Gasteiger partial charge in [-0.25, -0.2) is 0 Å². The highest BCUT2D eigenvalue weighted by Gasteiger charge is 2.32. The molecule has 28 heavy (non-hydrogen) atoms. The van der Waals surface area contributed by atoms with E-state index in [0.717, 1.165) is 67.0 Å². The second kappa shape index (κ2) is 7.29. The number of piperazine rings is 1. The van der Waals surface area contributed by atoms with Crippen LogP contribution in [-0.4, -0.2) is 37.7 Å². The van der Waals surface area contributed by atoms with Crippen molar-refractivity contribution in [3.63, 3.8) is 0 Å². The lowest BCUT2D eigenvalue weighted by Crippen LogP contribution is -3.15. The number of aromatic amines is 1. The van der Waals surface area contributed by atoms with E-state index in [-0.39, 0.29) is 0 Å². The summed E-state index contributed by atoms with van der Waals surface area (Å²) in [4.78, 5) is 7.62. The highest BCUT2D eigenvalue weighted by Crippen LogP contribution is 2.28. The number of hydrogen-bond donors (Lipinski definition) is 2. The number of nitrogens with one attached hydrogen (secondary N) is 2. The quantitative estimate of drug-likeness (QED) is 0.541. The number of aromatic nitrogens is 2. The van der Waals surface area contributed by atoms with Gasteiger partial charge in [-0.1, -0.05) is 25.6 Å². The Balaban J connectivity index is 1.90. The molecule has 0 radical (unpaired) electrons. The Hall–Kier alpha value is -2.84. The summed E-state index contributed by atoms with van der Waals surface area (Å²) < 4.78 is 2.28. The molecule has 1 fully saturated rings. The highest BCUT2D eigenvalue weighted by molar-refractivity contribution is 5.78. The summed E-state index contributed by atoms with van der Waals surface area (Å²) in [6, 6.07) is 10.8. The van der Waals surface area contributed by atoms with Crippen LogP contribution in [0.2, 0.25) is 0 Å². The first-order chi connectivity index (χ1) is 13.5. The molecule has 0 spiro atoms. The molecule has 1 aromatic carbocycles. The molecule has 3 heterocycles. The summed E-state index contributed by atoms with van der Waals surface area (Å²) >= 11 is 0. The monoisotopic (exact) mass is 375 g/mol. The largest absolute Gasteiger partial charge is 0.326 e.